The second kappa shape index (κ2) is 7.24. The number of carbonyl (C=O) groups excluding carboxylic acids is 2. The van der Waals surface area contributed by atoms with Gasteiger partial charge in [-0.2, -0.15) is 0 Å². The van der Waals surface area contributed by atoms with Crippen LogP contribution < -0.4 is 10.6 Å². The van der Waals surface area contributed by atoms with Gasteiger partial charge < -0.3 is 15.4 Å². The van der Waals surface area contributed by atoms with Gasteiger partial charge in [0.25, 0.3) is 5.91 Å². The SMILES string of the molecule is CC(C)(CCNC(=O)OC(C)(C)C)NC(=O)c1cccnc1. The van der Waals surface area contributed by atoms with E-state index in [4.69, 9.17) is 4.74 Å². The van der Waals surface area contributed by atoms with Crippen LogP contribution in [0.1, 0.15) is 51.4 Å². The zero-order valence-corrected chi connectivity index (χ0v) is 13.9. The van der Waals surface area contributed by atoms with Crippen LogP contribution in [-0.2, 0) is 4.74 Å². The number of pyridine rings is 1. The maximum Gasteiger partial charge on any atom is 0.407 e. The van der Waals surface area contributed by atoms with E-state index in [0.29, 0.717) is 18.5 Å². The van der Waals surface area contributed by atoms with Crippen molar-refractivity contribution in [3.63, 3.8) is 0 Å². The minimum absolute atomic E-state index is 0.185. The van der Waals surface area contributed by atoms with Gasteiger partial charge in [0.05, 0.1) is 5.56 Å². The Morgan fingerprint density at radius 3 is 2.45 bits per heavy atom. The number of hydrogen-bond donors (Lipinski definition) is 2. The lowest BCUT2D eigenvalue weighted by Gasteiger charge is -2.27. The highest BCUT2D eigenvalue weighted by molar-refractivity contribution is 5.94. The Morgan fingerprint density at radius 2 is 1.91 bits per heavy atom. The summed E-state index contributed by atoms with van der Waals surface area (Å²) in [5, 5.41) is 5.61. The van der Waals surface area contributed by atoms with Crippen LogP contribution in [0.5, 0.6) is 0 Å². The first kappa shape index (κ1) is 17.9. The van der Waals surface area contributed by atoms with Gasteiger partial charge >= 0.3 is 6.09 Å². The average molecular weight is 307 g/mol. The van der Waals surface area contributed by atoms with E-state index < -0.39 is 17.2 Å². The molecule has 0 aliphatic heterocycles. The fraction of sp³-hybridized carbons (Fsp3) is 0.562. The van der Waals surface area contributed by atoms with Gasteiger partial charge in [-0.1, -0.05) is 0 Å². The van der Waals surface area contributed by atoms with Crippen molar-refractivity contribution in [3.8, 4) is 0 Å². The Labute approximate surface area is 131 Å². The minimum atomic E-state index is -0.520. The molecule has 0 aromatic carbocycles. The van der Waals surface area contributed by atoms with Crippen LogP contribution in [0, 0.1) is 0 Å². The van der Waals surface area contributed by atoms with E-state index >= 15 is 0 Å². The molecule has 1 rings (SSSR count). The normalized spacial score (nSPS) is 11.7. The van der Waals surface area contributed by atoms with Crippen LogP contribution in [0.15, 0.2) is 24.5 Å². The number of alkyl carbamates (subject to hydrolysis) is 1. The number of amides is 2. The van der Waals surface area contributed by atoms with Gasteiger partial charge in [-0.05, 0) is 53.2 Å². The molecule has 0 atom stereocenters. The molecule has 1 aromatic rings. The Bertz CT molecular complexity index is 507. The average Bonchev–Trinajstić information content (AvgIpc) is 2.36. The van der Waals surface area contributed by atoms with E-state index in [1.54, 1.807) is 18.3 Å². The van der Waals surface area contributed by atoms with Crippen LogP contribution in [0.3, 0.4) is 0 Å². The molecule has 0 unspecified atom stereocenters. The highest BCUT2D eigenvalue weighted by Crippen LogP contribution is 2.10. The predicted octanol–water partition coefficient (Wildman–Crippen LogP) is 2.50. The van der Waals surface area contributed by atoms with Crippen LogP contribution in [0.25, 0.3) is 0 Å². The largest absolute Gasteiger partial charge is 0.444 e. The third-order valence-corrected chi connectivity index (χ3v) is 2.79. The molecular weight excluding hydrogens is 282 g/mol. The lowest BCUT2D eigenvalue weighted by molar-refractivity contribution is 0.0524. The van der Waals surface area contributed by atoms with Crippen LogP contribution in [0.2, 0.25) is 0 Å². The molecule has 122 valence electrons. The molecular formula is C16H25N3O3. The minimum Gasteiger partial charge on any atom is -0.444 e. The van der Waals surface area contributed by atoms with Gasteiger partial charge in [0.1, 0.15) is 5.60 Å². The van der Waals surface area contributed by atoms with Gasteiger partial charge in [-0.25, -0.2) is 4.79 Å². The molecule has 2 N–H and O–H groups in total. The Morgan fingerprint density at radius 1 is 1.23 bits per heavy atom. The first-order chi connectivity index (χ1) is 10.1. The number of aromatic nitrogens is 1. The van der Waals surface area contributed by atoms with Crippen molar-refractivity contribution in [2.45, 2.75) is 52.2 Å². The predicted molar refractivity (Wildman–Crippen MR) is 84.6 cm³/mol. The zero-order chi connectivity index (χ0) is 16.8. The van der Waals surface area contributed by atoms with Gasteiger partial charge in [-0.15, -0.1) is 0 Å². The fourth-order valence-corrected chi connectivity index (χ4v) is 1.73. The molecule has 0 bridgehead atoms. The first-order valence-corrected chi connectivity index (χ1v) is 7.28. The number of nitrogens with zero attached hydrogens (tertiary/aromatic N) is 1. The molecule has 22 heavy (non-hydrogen) atoms. The van der Waals surface area contributed by atoms with Crippen molar-refractivity contribution in [3.05, 3.63) is 30.1 Å². The van der Waals surface area contributed by atoms with Crippen molar-refractivity contribution in [2.75, 3.05) is 6.54 Å². The molecule has 1 aromatic heterocycles. The molecule has 6 heteroatoms. The summed E-state index contributed by atoms with van der Waals surface area (Å²) in [5.41, 5.74) is -0.466. The number of rotatable bonds is 5. The van der Waals surface area contributed by atoms with E-state index in [9.17, 15) is 9.59 Å². The summed E-state index contributed by atoms with van der Waals surface area (Å²) in [6.45, 7) is 9.64. The van der Waals surface area contributed by atoms with Crippen LogP contribution in [0.4, 0.5) is 4.79 Å². The van der Waals surface area contributed by atoms with Crippen molar-refractivity contribution >= 4 is 12.0 Å². The fourth-order valence-electron chi connectivity index (χ4n) is 1.73. The summed E-state index contributed by atoms with van der Waals surface area (Å²) in [5.74, 6) is -0.185. The summed E-state index contributed by atoms with van der Waals surface area (Å²) in [6.07, 6.45) is 3.26. The van der Waals surface area contributed by atoms with Crippen LogP contribution in [-0.4, -0.2) is 34.7 Å². The second-order valence-electron chi connectivity index (χ2n) is 6.76. The summed E-state index contributed by atoms with van der Waals surface area (Å²) < 4.78 is 5.16. The number of hydrogen-bond acceptors (Lipinski definition) is 4. The standard InChI is InChI=1S/C16H25N3O3/c1-15(2,3)22-14(21)18-10-8-16(4,5)19-13(20)12-7-6-9-17-11-12/h6-7,9,11H,8,10H2,1-5H3,(H,18,21)(H,19,20). The Kier molecular flexibility index (Phi) is 5.91. The molecule has 1 heterocycles. The van der Waals surface area contributed by atoms with Crippen molar-refractivity contribution in [1.82, 2.24) is 15.6 Å². The maximum absolute atomic E-state index is 12.1. The molecule has 0 saturated carbocycles. The second-order valence-corrected chi connectivity index (χ2v) is 6.76. The van der Waals surface area contributed by atoms with E-state index in [1.165, 1.54) is 6.20 Å². The van der Waals surface area contributed by atoms with E-state index in [-0.39, 0.29) is 5.91 Å². The van der Waals surface area contributed by atoms with E-state index in [0.717, 1.165) is 0 Å². The Balaban J connectivity index is 2.41. The van der Waals surface area contributed by atoms with Crippen LogP contribution >= 0.6 is 0 Å². The van der Waals surface area contributed by atoms with Crippen molar-refractivity contribution < 1.29 is 14.3 Å². The monoisotopic (exact) mass is 307 g/mol. The van der Waals surface area contributed by atoms with Gasteiger partial charge in [0.2, 0.25) is 0 Å². The molecule has 6 nitrogen and oxygen atoms in total. The van der Waals surface area contributed by atoms with Crippen molar-refractivity contribution in [1.29, 1.82) is 0 Å². The lowest BCUT2D eigenvalue weighted by Crippen LogP contribution is -2.46. The van der Waals surface area contributed by atoms with E-state index in [1.807, 2.05) is 34.6 Å². The zero-order valence-electron chi connectivity index (χ0n) is 13.9. The van der Waals surface area contributed by atoms with Gasteiger partial charge in [0.15, 0.2) is 0 Å². The third-order valence-electron chi connectivity index (χ3n) is 2.79. The molecule has 0 saturated heterocycles. The smallest absolute Gasteiger partial charge is 0.407 e. The highest BCUT2D eigenvalue weighted by atomic mass is 16.6. The summed E-state index contributed by atoms with van der Waals surface area (Å²) in [7, 11) is 0. The molecule has 2 amide bonds. The highest BCUT2D eigenvalue weighted by Gasteiger charge is 2.22. The molecule has 0 aliphatic rings. The molecule has 0 spiro atoms. The summed E-state index contributed by atoms with van der Waals surface area (Å²) in [6, 6.07) is 3.42. The molecule has 0 fully saturated rings. The summed E-state index contributed by atoms with van der Waals surface area (Å²) >= 11 is 0. The first-order valence-electron chi connectivity index (χ1n) is 7.28. The van der Waals surface area contributed by atoms with E-state index in [2.05, 4.69) is 15.6 Å². The number of nitrogens with one attached hydrogen (secondary N) is 2. The molecule has 0 radical (unpaired) electrons. The number of carbonyl (C=O) groups is 2. The topological polar surface area (TPSA) is 80.3 Å². The third kappa shape index (κ3) is 7.06. The summed E-state index contributed by atoms with van der Waals surface area (Å²) in [4.78, 5) is 27.6. The quantitative estimate of drug-likeness (QED) is 0.876. The maximum atomic E-state index is 12.1. The lowest BCUT2D eigenvalue weighted by atomic mass is 10.00. The van der Waals surface area contributed by atoms with Crippen molar-refractivity contribution in [2.24, 2.45) is 0 Å². The van der Waals surface area contributed by atoms with Gasteiger partial charge in [0, 0.05) is 24.5 Å². The Hall–Kier alpha value is -2.11. The molecule has 0 aliphatic carbocycles. The van der Waals surface area contributed by atoms with Gasteiger partial charge in [-0.3, -0.25) is 9.78 Å². The number of ether oxygens (including phenoxy) is 1.